The highest BCUT2D eigenvalue weighted by Crippen LogP contribution is 2.76. The van der Waals surface area contributed by atoms with E-state index in [0.717, 1.165) is 5.57 Å². The van der Waals surface area contributed by atoms with Crippen LogP contribution in [0, 0.1) is 50.2 Å². The third-order valence-electron chi connectivity index (χ3n) is 20.7. The van der Waals surface area contributed by atoms with Crippen molar-refractivity contribution in [1.82, 2.24) is 0 Å². The summed E-state index contributed by atoms with van der Waals surface area (Å²) in [6, 6.07) is 0. The van der Waals surface area contributed by atoms with Crippen LogP contribution in [0.4, 0.5) is 0 Å². The topological polar surface area (TPSA) is 371 Å². The summed E-state index contributed by atoms with van der Waals surface area (Å²) in [6.07, 6.45) is -24.9. The zero-order chi connectivity index (χ0) is 54.9. The van der Waals surface area contributed by atoms with Gasteiger partial charge in [0, 0.05) is 0 Å². The lowest BCUT2D eigenvalue weighted by Crippen LogP contribution is -2.70. The number of hydrogen-bond donors (Lipinski definition) is 13. The highest BCUT2D eigenvalue weighted by atomic mass is 16.8. The standard InChI is InChI=1S/C52H82O23/c1-21-38(72-41-35(62)30(57)25(55)19-68-41)34(61)37(64)42(70-21)73-39-31(58)26(56)20-69-44(39)75-46(67)52-14-12-47(2,3)16-23(52)22-8-9-28-48(4)17-24(54)40(74-43-36(63)33(60)32(59)27(18-53)71-43)51(7,45(65)66)29(48)10-11-50(28,6)49(22,5)13-15-52/h8,21,23-44,53-64H,9-20H2,1-7H3,(H,65,66)/t21-,23-,24-,25+,26-,27+,28?,29?,30-,31-,32+,33-,34-,35+,36+,37+,38-,39+,40-,41-,42?,43-,44-,48+,49+,50+,51-,52-/m0/s1. The summed E-state index contributed by atoms with van der Waals surface area (Å²) in [5.41, 5.74) is -3.70. The van der Waals surface area contributed by atoms with Crippen molar-refractivity contribution in [2.75, 3.05) is 19.8 Å². The average molecular weight is 1080 g/mol. The molecule has 0 aromatic carbocycles. The molecule has 4 saturated carbocycles. The molecule has 5 aliphatic carbocycles. The lowest BCUT2D eigenvalue weighted by molar-refractivity contribution is -0.368. The Bertz CT molecular complexity index is 2130. The van der Waals surface area contributed by atoms with Gasteiger partial charge in [0.25, 0.3) is 0 Å². The number of rotatable bonds is 10. The number of carbonyl (C=O) groups is 2. The zero-order valence-corrected chi connectivity index (χ0v) is 43.7. The SMILES string of the molecule is C[C@@H]1OC(O[C@H]2[C@H](OC(=O)[C@]34CCC(C)(C)C[C@H]3C3=CCC5[C@@]6(C)C[C@H](O)[C@H](O[C@@H]7O[C@H](CO)[C@@H](O)[C@H](O)[C@H]7O)[C@@](C)(C(=O)O)C6CC[C@@]5(C)[C@]3(C)CC4)OC[C@H](O)[C@@H]2O)[C@H](O)[C@H](O)[C@H]1O[C@@H]1OC[C@@H](O)[C@H](O)[C@H]1O. The second-order valence-electron chi connectivity index (χ2n) is 25.3. The van der Waals surface area contributed by atoms with Crippen LogP contribution in [-0.4, -0.2) is 221 Å². The van der Waals surface area contributed by atoms with Gasteiger partial charge in [0.05, 0.1) is 42.9 Å². The van der Waals surface area contributed by atoms with Crippen LogP contribution in [0.15, 0.2) is 11.6 Å². The predicted molar refractivity (Wildman–Crippen MR) is 253 cm³/mol. The Morgan fingerprint density at radius 1 is 0.627 bits per heavy atom. The minimum atomic E-state index is -1.87. The lowest BCUT2D eigenvalue weighted by Gasteiger charge is -2.71. The minimum Gasteiger partial charge on any atom is -0.481 e. The molecule has 9 aliphatic rings. The molecule has 13 N–H and O–H groups in total. The van der Waals surface area contributed by atoms with Crippen LogP contribution in [0.25, 0.3) is 0 Å². The van der Waals surface area contributed by atoms with Gasteiger partial charge < -0.3 is 104 Å². The first-order valence-corrected chi connectivity index (χ1v) is 26.8. The van der Waals surface area contributed by atoms with Crippen LogP contribution in [0.2, 0.25) is 0 Å². The van der Waals surface area contributed by atoms with Crippen LogP contribution in [0.5, 0.6) is 0 Å². The molecule has 0 spiro atoms. The van der Waals surface area contributed by atoms with Crippen LogP contribution < -0.4 is 0 Å². The van der Waals surface area contributed by atoms with Crippen molar-refractivity contribution < 1.29 is 114 Å². The van der Waals surface area contributed by atoms with Crippen LogP contribution in [0.1, 0.15) is 106 Å². The van der Waals surface area contributed by atoms with Crippen molar-refractivity contribution in [3.05, 3.63) is 11.6 Å². The van der Waals surface area contributed by atoms with E-state index in [0.29, 0.717) is 51.4 Å². The second kappa shape index (κ2) is 20.5. The maximum Gasteiger partial charge on any atom is 0.315 e. The monoisotopic (exact) mass is 1070 g/mol. The fourth-order valence-corrected chi connectivity index (χ4v) is 16.0. The Kier molecular flexibility index (Phi) is 15.7. The number of carbonyl (C=O) groups excluding carboxylic acids is 1. The van der Waals surface area contributed by atoms with Gasteiger partial charge in [-0.25, -0.2) is 0 Å². The zero-order valence-electron chi connectivity index (χ0n) is 43.7. The number of allylic oxidation sites excluding steroid dienone is 2. The van der Waals surface area contributed by atoms with E-state index in [2.05, 4.69) is 33.8 Å². The molecular weight excluding hydrogens is 993 g/mol. The van der Waals surface area contributed by atoms with Gasteiger partial charge in [0.2, 0.25) is 6.29 Å². The van der Waals surface area contributed by atoms with Crippen molar-refractivity contribution >= 4 is 11.9 Å². The summed E-state index contributed by atoms with van der Waals surface area (Å²) < 4.78 is 47.1. The summed E-state index contributed by atoms with van der Waals surface area (Å²) in [6.45, 7) is 12.3. The number of carboxylic acids is 1. The van der Waals surface area contributed by atoms with Gasteiger partial charge in [-0.1, -0.05) is 46.3 Å². The molecule has 4 aliphatic heterocycles. The van der Waals surface area contributed by atoms with Crippen molar-refractivity contribution in [3.8, 4) is 0 Å². The number of carboxylic acid groups (broad SMARTS) is 1. The number of hydrogen-bond acceptors (Lipinski definition) is 22. The Labute approximate surface area is 435 Å². The average Bonchev–Trinajstić information content (AvgIpc) is 3.35. The second-order valence-corrected chi connectivity index (χ2v) is 25.3. The fraction of sp³-hybridized carbons (Fsp3) is 0.923. The van der Waals surface area contributed by atoms with Gasteiger partial charge in [-0.15, -0.1) is 0 Å². The minimum absolute atomic E-state index is 0.130. The summed E-state index contributed by atoms with van der Waals surface area (Å²) in [4.78, 5) is 29.0. The Morgan fingerprint density at radius 3 is 1.89 bits per heavy atom. The number of esters is 1. The van der Waals surface area contributed by atoms with E-state index in [9.17, 15) is 71.2 Å². The lowest BCUT2D eigenvalue weighted by atomic mass is 9.33. The largest absolute Gasteiger partial charge is 0.481 e. The fourth-order valence-electron chi connectivity index (χ4n) is 16.0. The number of aliphatic hydroxyl groups excluding tert-OH is 12. The number of fused-ring (bicyclic) bond motifs is 7. The van der Waals surface area contributed by atoms with Gasteiger partial charge in [0.15, 0.2) is 25.0 Å². The molecule has 4 heterocycles. The Hall–Kier alpha value is -2.08. The van der Waals surface area contributed by atoms with E-state index in [4.69, 9.17) is 37.9 Å². The normalized spacial score (nSPS) is 54.8. The van der Waals surface area contributed by atoms with Crippen molar-refractivity contribution in [3.63, 3.8) is 0 Å². The van der Waals surface area contributed by atoms with E-state index in [1.165, 1.54) is 6.92 Å². The summed E-state index contributed by atoms with van der Waals surface area (Å²) >= 11 is 0. The molecule has 8 fully saturated rings. The van der Waals surface area contributed by atoms with Gasteiger partial charge in [0.1, 0.15) is 79.4 Å². The number of ether oxygens (including phenoxy) is 8. The summed E-state index contributed by atoms with van der Waals surface area (Å²) in [5.74, 6) is -2.87. The first-order valence-electron chi connectivity index (χ1n) is 26.8. The van der Waals surface area contributed by atoms with Crippen LogP contribution in [0.3, 0.4) is 0 Å². The van der Waals surface area contributed by atoms with E-state index in [-0.39, 0.29) is 30.3 Å². The smallest absolute Gasteiger partial charge is 0.315 e. The maximum absolute atomic E-state index is 15.3. The van der Waals surface area contributed by atoms with E-state index in [1.54, 1.807) is 6.92 Å². The van der Waals surface area contributed by atoms with Gasteiger partial charge in [-0.05, 0) is 111 Å². The van der Waals surface area contributed by atoms with E-state index < -0.39 is 181 Å². The number of aliphatic hydroxyl groups is 12. The molecular formula is C52H82O23. The highest BCUT2D eigenvalue weighted by molar-refractivity contribution is 5.79. The molecule has 9 rings (SSSR count). The molecule has 4 saturated heterocycles. The Morgan fingerprint density at radius 2 is 1.23 bits per heavy atom. The molecule has 23 nitrogen and oxygen atoms in total. The molecule has 3 unspecified atom stereocenters. The van der Waals surface area contributed by atoms with Crippen molar-refractivity contribution in [2.24, 2.45) is 50.2 Å². The van der Waals surface area contributed by atoms with Gasteiger partial charge >= 0.3 is 11.9 Å². The maximum atomic E-state index is 15.3. The third kappa shape index (κ3) is 9.16. The van der Waals surface area contributed by atoms with Crippen LogP contribution in [-0.2, 0) is 47.5 Å². The molecule has 28 atom stereocenters. The molecule has 75 heavy (non-hydrogen) atoms. The molecule has 23 heteroatoms. The molecule has 428 valence electrons. The quantitative estimate of drug-likeness (QED) is 0.0659. The molecule has 0 amide bonds. The summed E-state index contributed by atoms with van der Waals surface area (Å²) in [5, 5.41) is 140. The van der Waals surface area contributed by atoms with Gasteiger partial charge in [-0.2, -0.15) is 0 Å². The van der Waals surface area contributed by atoms with E-state index >= 15 is 4.79 Å². The van der Waals surface area contributed by atoms with Crippen molar-refractivity contribution in [2.45, 2.75) is 229 Å². The molecule has 0 aromatic heterocycles. The first kappa shape index (κ1) is 57.6. The van der Waals surface area contributed by atoms with Crippen molar-refractivity contribution in [1.29, 1.82) is 0 Å². The molecule has 0 aromatic rings. The third-order valence-corrected chi connectivity index (χ3v) is 20.7. The summed E-state index contributed by atoms with van der Waals surface area (Å²) in [7, 11) is 0. The predicted octanol–water partition coefficient (Wildman–Crippen LogP) is -1.69. The van der Waals surface area contributed by atoms with Gasteiger partial charge in [-0.3, -0.25) is 9.59 Å². The molecule has 0 bridgehead atoms. The van der Waals surface area contributed by atoms with Crippen LogP contribution >= 0.6 is 0 Å². The van der Waals surface area contributed by atoms with E-state index in [1.807, 2.05) is 6.92 Å². The highest BCUT2D eigenvalue weighted by Gasteiger charge is 2.73. The first-order chi connectivity index (χ1) is 35.0. The molecule has 0 radical (unpaired) electrons. The number of aliphatic carboxylic acids is 1. The Balaban J connectivity index is 0.956.